The Morgan fingerprint density at radius 2 is 1.96 bits per heavy atom. The second kappa shape index (κ2) is 16.5. The van der Waals surface area contributed by atoms with Crippen molar-refractivity contribution in [3.05, 3.63) is 52.3 Å². The Labute approximate surface area is 307 Å². The van der Waals surface area contributed by atoms with Gasteiger partial charge in [-0.05, 0) is 18.9 Å². The minimum Gasteiger partial charge on any atom is -0.726 e. The summed E-state index contributed by atoms with van der Waals surface area (Å²) in [6.45, 7) is 1.88. The zero-order valence-electron chi connectivity index (χ0n) is 26.5. The molecule has 0 radical (unpaired) electrons. The summed E-state index contributed by atoms with van der Waals surface area (Å²) in [5.74, 6) is -1.62. The monoisotopic (exact) mass is 798 g/mol. The summed E-state index contributed by atoms with van der Waals surface area (Å²) >= 11 is 5.40. The maximum Gasteiger partial charge on any atom is 0.352 e. The third kappa shape index (κ3) is 9.61. The van der Waals surface area contributed by atoms with E-state index in [9.17, 15) is 24.3 Å². The second-order valence-electron chi connectivity index (χ2n) is 10.9. The molecule has 2 atom stereocenters. The van der Waals surface area contributed by atoms with Gasteiger partial charge in [-0.15, -0.1) is 34.4 Å². The fraction of sp³-hybridized carbons (Fsp3) is 0.357. The minimum absolute atomic E-state index is 0.0924. The molecule has 3 aromatic heterocycles. The first-order chi connectivity index (χ1) is 24.2. The molecule has 6 heterocycles. The standard InChI is InChI=1S/C28H28N8O6S4.H2O4S/c1-42-33-20(18-13-44-27(29)30-18)23(38)32-21-24(39)36-22(26(40)41)16(11-43-25(21)36)10-34-6-4-5-15(9-34)17-12-45-28(31-17)46-14-19(37)35-7-2-3-8-35;1-5(2,3)4/h4-6,9,12-13,21,25H,2-3,7-8,10-11,14H2,1H3,(H3-,29,30,32,38,40,41);(H2,1,2,3,4)/b33-20-;. The van der Waals surface area contributed by atoms with Crippen molar-refractivity contribution in [2.24, 2.45) is 5.16 Å². The van der Waals surface area contributed by atoms with Gasteiger partial charge in [-0.2, -0.15) is 0 Å². The number of rotatable bonds is 11. The lowest BCUT2D eigenvalue weighted by Gasteiger charge is -2.49. The van der Waals surface area contributed by atoms with E-state index < -0.39 is 39.6 Å². The molecule has 5 N–H and O–H groups in total. The van der Waals surface area contributed by atoms with Crippen molar-refractivity contribution in [1.82, 2.24) is 25.1 Å². The topological polar surface area (TPSA) is 262 Å². The number of pyridine rings is 1. The number of carbonyl (C=O) groups is 4. The van der Waals surface area contributed by atoms with Gasteiger partial charge in [-0.3, -0.25) is 23.8 Å². The van der Waals surface area contributed by atoms with E-state index in [2.05, 4.69) is 15.5 Å². The molecule has 272 valence electrons. The van der Waals surface area contributed by atoms with Crippen LogP contribution in [0.15, 0.2) is 56.1 Å². The number of nitrogens with one attached hydrogen (secondary N) is 1. The Bertz CT molecular complexity index is 1990. The van der Waals surface area contributed by atoms with Crippen molar-refractivity contribution in [3.63, 3.8) is 0 Å². The first-order valence-electron chi connectivity index (χ1n) is 14.8. The number of nitrogens with two attached hydrogens (primary N) is 1. The maximum absolute atomic E-state index is 13.2. The van der Waals surface area contributed by atoms with E-state index in [1.54, 1.807) is 5.38 Å². The molecule has 2 fully saturated rings. The molecule has 0 bridgehead atoms. The fourth-order valence-electron chi connectivity index (χ4n) is 5.34. The summed E-state index contributed by atoms with van der Waals surface area (Å²) in [4.78, 5) is 67.8. The molecule has 0 saturated carbocycles. The van der Waals surface area contributed by atoms with Gasteiger partial charge in [0.2, 0.25) is 16.3 Å². The molecule has 6 rings (SSSR count). The largest absolute Gasteiger partial charge is 0.726 e. The number of oxime groups is 1. The summed E-state index contributed by atoms with van der Waals surface area (Å²) in [5, 5.41) is 19.7. The van der Waals surface area contributed by atoms with Crippen molar-refractivity contribution in [2.45, 2.75) is 35.1 Å². The van der Waals surface area contributed by atoms with Crippen molar-refractivity contribution in [3.8, 4) is 11.3 Å². The predicted molar refractivity (Wildman–Crippen MR) is 186 cm³/mol. The van der Waals surface area contributed by atoms with Gasteiger partial charge in [0.1, 0.15) is 29.9 Å². The second-order valence-corrected chi connectivity index (χ2v) is 15.8. The van der Waals surface area contributed by atoms with E-state index in [0.717, 1.165) is 52.9 Å². The van der Waals surface area contributed by atoms with Crippen LogP contribution in [0.2, 0.25) is 0 Å². The van der Waals surface area contributed by atoms with E-state index in [1.165, 1.54) is 46.9 Å². The number of aromatic nitrogens is 3. The van der Waals surface area contributed by atoms with Crippen LogP contribution in [0.5, 0.6) is 0 Å². The Morgan fingerprint density at radius 1 is 1.24 bits per heavy atom. The van der Waals surface area contributed by atoms with Crippen molar-refractivity contribution < 1.29 is 51.2 Å². The van der Waals surface area contributed by atoms with E-state index in [1.807, 2.05) is 39.4 Å². The van der Waals surface area contributed by atoms with Crippen LogP contribution in [0, 0.1) is 0 Å². The normalized spacial score (nSPS) is 18.8. The number of amides is 3. The van der Waals surface area contributed by atoms with Crippen LogP contribution in [0.25, 0.3) is 11.3 Å². The Morgan fingerprint density at radius 3 is 2.61 bits per heavy atom. The van der Waals surface area contributed by atoms with Gasteiger partial charge in [0.15, 0.2) is 34.1 Å². The lowest BCUT2D eigenvalue weighted by atomic mass is 10.0. The first kappa shape index (κ1) is 38.1. The van der Waals surface area contributed by atoms with Crippen LogP contribution in [0.3, 0.4) is 0 Å². The number of thioether (sulfide) groups is 2. The molecule has 0 aliphatic carbocycles. The number of β-lactam (4-membered cyclic amide) rings is 1. The molecule has 2 saturated heterocycles. The number of carbonyl (C=O) groups excluding carboxylic acids is 3. The summed E-state index contributed by atoms with van der Waals surface area (Å²) in [7, 11) is -3.64. The Hall–Kier alpha value is -4.13. The van der Waals surface area contributed by atoms with Crippen LogP contribution >= 0.6 is 46.2 Å². The molecule has 3 amide bonds. The summed E-state index contributed by atoms with van der Waals surface area (Å²) in [6.07, 6.45) is 5.82. The molecule has 3 aliphatic rings. The van der Waals surface area contributed by atoms with Gasteiger partial charge in [0, 0.05) is 41.2 Å². The molecule has 3 aromatic rings. The predicted octanol–water partition coefficient (Wildman–Crippen LogP) is 0.645. The molecule has 23 heteroatoms. The van der Waals surface area contributed by atoms with E-state index >= 15 is 0 Å². The number of hydrogen-bond acceptors (Lipinski definition) is 16. The SMILES string of the molecule is CO/N=C(\C(=O)NC1C(=O)N2C(C(=O)O)=C(C[n+]3cccc(-c4csc(SCC(=O)N5CCCC5)n4)c3)CSC12)c1csc(N)n1.O=S(=O)([O-])O. The fourth-order valence-corrected chi connectivity index (χ4v) is 8.96. The van der Waals surface area contributed by atoms with Gasteiger partial charge >= 0.3 is 5.97 Å². The molecule has 2 unspecified atom stereocenters. The minimum atomic E-state index is -4.92. The zero-order valence-corrected chi connectivity index (χ0v) is 30.6. The zero-order chi connectivity index (χ0) is 36.9. The van der Waals surface area contributed by atoms with E-state index in [4.69, 9.17) is 33.1 Å². The molecular weight excluding hydrogens is 769 g/mol. The van der Waals surface area contributed by atoms with E-state index in [-0.39, 0.29) is 34.7 Å². The van der Waals surface area contributed by atoms with Gasteiger partial charge in [-0.25, -0.2) is 27.7 Å². The quantitative estimate of drug-likeness (QED) is 0.0395. The number of fused-ring (bicyclic) bond motifs is 1. The number of likely N-dealkylation sites (tertiary alicyclic amines) is 1. The van der Waals surface area contributed by atoms with Gasteiger partial charge in [0.05, 0.1) is 17.0 Å². The average molecular weight is 799 g/mol. The number of carboxylic acids is 1. The highest BCUT2D eigenvalue weighted by atomic mass is 32.3. The smallest absolute Gasteiger partial charge is 0.352 e. The maximum atomic E-state index is 13.2. The van der Waals surface area contributed by atoms with E-state index in [0.29, 0.717) is 17.1 Å². The highest BCUT2D eigenvalue weighted by Gasteiger charge is 2.54. The van der Waals surface area contributed by atoms with Crippen LogP contribution in [-0.2, 0) is 41.0 Å². The van der Waals surface area contributed by atoms with Crippen molar-refractivity contribution in [1.29, 1.82) is 0 Å². The number of carboxylic acid groups (broad SMARTS) is 1. The van der Waals surface area contributed by atoms with Crippen LogP contribution < -0.4 is 15.6 Å². The van der Waals surface area contributed by atoms with Crippen LogP contribution in [0.1, 0.15) is 18.5 Å². The number of anilines is 1. The number of nitrogens with zero attached hydrogens (tertiary/aromatic N) is 6. The summed E-state index contributed by atoms with van der Waals surface area (Å²) < 4.78 is 35.5. The molecular formula is C28H30N8O10S5. The average Bonchev–Trinajstić information content (AvgIpc) is 3.87. The molecule has 0 spiro atoms. The third-order valence-electron chi connectivity index (χ3n) is 7.49. The number of aliphatic carboxylic acids is 1. The first-order valence-corrected chi connectivity index (χ1v) is 20.0. The van der Waals surface area contributed by atoms with Gasteiger partial charge < -0.3 is 30.4 Å². The van der Waals surface area contributed by atoms with Gasteiger partial charge in [-0.1, -0.05) is 16.9 Å². The molecule has 3 aliphatic heterocycles. The third-order valence-corrected chi connectivity index (χ3v) is 11.5. The lowest BCUT2D eigenvalue weighted by Crippen LogP contribution is -2.71. The Balaban J connectivity index is 0.000000943. The van der Waals surface area contributed by atoms with Crippen molar-refractivity contribution >= 4 is 91.1 Å². The highest BCUT2D eigenvalue weighted by molar-refractivity contribution is 8.01. The highest BCUT2D eigenvalue weighted by Crippen LogP contribution is 2.40. The molecule has 18 nitrogen and oxygen atoms in total. The summed E-state index contributed by atoms with van der Waals surface area (Å²) in [5.41, 5.74) is 7.81. The number of thiazole rings is 2. The Kier molecular flexibility index (Phi) is 12.3. The van der Waals surface area contributed by atoms with Crippen LogP contribution in [-0.4, -0.2) is 115 Å². The van der Waals surface area contributed by atoms with Gasteiger partial charge in [0.25, 0.3) is 11.8 Å². The molecule has 51 heavy (non-hydrogen) atoms. The van der Waals surface area contributed by atoms with Crippen molar-refractivity contribution in [2.75, 3.05) is 37.4 Å². The van der Waals surface area contributed by atoms with Crippen LogP contribution in [0.4, 0.5) is 5.13 Å². The lowest BCUT2D eigenvalue weighted by molar-refractivity contribution is -0.688. The number of hydrogen-bond donors (Lipinski definition) is 4. The molecule has 0 aromatic carbocycles. The number of nitrogen functional groups attached to an aromatic ring is 1. The summed E-state index contributed by atoms with van der Waals surface area (Å²) in [6, 6.07) is 2.82.